The van der Waals surface area contributed by atoms with E-state index in [9.17, 15) is 0 Å². The molecule has 0 spiro atoms. The lowest BCUT2D eigenvalue weighted by atomic mass is 9.98. The van der Waals surface area contributed by atoms with Gasteiger partial charge < -0.3 is 4.98 Å². The number of aromatic amines is 1. The minimum Gasteiger partial charge on any atom is -0.357 e. The number of aromatic nitrogens is 1. The van der Waals surface area contributed by atoms with E-state index in [1.807, 2.05) is 6.07 Å². The van der Waals surface area contributed by atoms with E-state index in [2.05, 4.69) is 49.2 Å². The summed E-state index contributed by atoms with van der Waals surface area (Å²) in [6, 6.07) is 12.7. The molecule has 2 heterocycles. The summed E-state index contributed by atoms with van der Waals surface area (Å²) in [5.41, 5.74) is 6.74. The van der Waals surface area contributed by atoms with Crippen molar-refractivity contribution in [2.75, 3.05) is 0 Å². The Morgan fingerprint density at radius 3 is 2.45 bits per heavy atom. The molecule has 2 aliphatic rings. The van der Waals surface area contributed by atoms with Crippen LogP contribution in [-0.4, -0.2) is 22.1 Å². The van der Waals surface area contributed by atoms with Crippen LogP contribution in [0.3, 0.4) is 0 Å². The third-order valence-corrected chi connectivity index (χ3v) is 4.41. The van der Waals surface area contributed by atoms with Gasteiger partial charge in [-0.3, -0.25) is 9.98 Å². The van der Waals surface area contributed by atoms with Crippen LogP contribution in [0.15, 0.2) is 46.4 Å². The van der Waals surface area contributed by atoms with Gasteiger partial charge in [0.25, 0.3) is 0 Å². The molecule has 0 atom stereocenters. The Bertz CT molecular complexity index is 740. The molecule has 1 N–H and O–H groups in total. The number of rotatable bonds is 2. The average molecular weight is 291 g/mol. The number of hydrogen-bond acceptors (Lipinski definition) is 2. The van der Waals surface area contributed by atoms with Crippen molar-refractivity contribution in [3.63, 3.8) is 0 Å². The Labute approximate surface area is 131 Å². The molecule has 0 bridgehead atoms. The van der Waals surface area contributed by atoms with Gasteiger partial charge in [0.15, 0.2) is 0 Å². The highest BCUT2D eigenvalue weighted by atomic mass is 15.1. The number of hydrogen-bond donors (Lipinski definition) is 1. The van der Waals surface area contributed by atoms with Gasteiger partial charge >= 0.3 is 0 Å². The van der Waals surface area contributed by atoms with Crippen LogP contribution < -0.4 is 0 Å². The quantitative estimate of drug-likeness (QED) is 0.871. The van der Waals surface area contributed by atoms with Gasteiger partial charge in [-0.15, -0.1) is 0 Å². The van der Waals surface area contributed by atoms with Crippen molar-refractivity contribution in [3.05, 3.63) is 58.9 Å². The fourth-order valence-corrected chi connectivity index (χ4v) is 3.39. The zero-order chi connectivity index (χ0) is 15.2. The summed E-state index contributed by atoms with van der Waals surface area (Å²) in [5.74, 6) is 0. The van der Waals surface area contributed by atoms with Gasteiger partial charge in [0, 0.05) is 11.3 Å². The molecular weight excluding hydrogens is 270 g/mol. The summed E-state index contributed by atoms with van der Waals surface area (Å²) in [4.78, 5) is 13.3. The fraction of sp³-hybridized carbons (Fsp3) is 0.368. The molecule has 22 heavy (non-hydrogen) atoms. The maximum atomic E-state index is 4.87. The highest BCUT2D eigenvalue weighted by molar-refractivity contribution is 6.54. The summed E-state index contributed by atoms with van der Waals surface area (Å²) >= 11 is 0. The van der Waals surface area contributed by atoms with Gasteiger partial charge in [-0.05, 0) is 51.2 Å². The second kappa shape index (κ2) is 4.94. The number of nitrogens with one attached hydrogen (secondary N) is 1. The van der Waals surface area contributed by atoms with Crippen molar-refractivity contribution in [2.24, 2.45) is 9.98 Å². The molecule has 1 aromatic carbocycles. The molecule has 0 unspecified atom stereocenters. The Hall–Kier alpha value is -2.16. The largest absolute Gasteiger partial charge is 0.357 e. The van der Waals surface area contributed by atoms with E-state index in [1.54, 1.807) is 0 Å². The van der Waals surface area contributed by atoms with Crippen LogP contribution in [0.2, 0.25) is 0 Å². The van der Waals surface area contributed by atoms with Crippen LogP contribution in [0, 0.1) is 0 Å². The van der Waals surface area contributed by atoms with Crippen molar-refractivity contribution < 1.29 is 0 Å². The third kappa shape index (κ3) is 2.31. The molecule has 0 saturated carbocycles. The second-order valence-electron chi connectivity index (χ2n) is 6.68. The van der Waals surface area contributed by atoms with Gasteiger partial charge in [-0.25, -0.2) is 0 Å². The minimum atomic E-state index is -0.383. The van der Waals surface area contributed by atoms with Crippen LogP contribution in [0.5, 0.6) is 0 Å². The van der Waals surface area contributed by atoms with Gasteiger partial charge in [0.1, 0.15) is 11.4 Å². The number of H-pyrrole nitrogens is 1. The zero-order valence-corrected chi connectivity index (χ0v) is 13.2. The lowest BCUT2D eigenvalue weighted by molar-refractivity contribution is 0.566. The van der Waals surface area contributed by atoms with Crippen LogP contribution in [0.1, 0.15) is 49.2 Å². The van der Waals surface area contributed by atoms with E-state index in [0.717, 1.165) is 29.1 Å². The van der Waals surface area contributed by atoms with Crippen LogP contribution >= 0.6 is 0 Å². The van der Waals surface area contributed by atoms with E-state index in [-0.39, 0.29) is 5.66 Å². The molecule has 0 amide bonds. The van der Waals surface area contributed by atoms with Crippen LogP contribution in [0.25, 0.3) is 0 Å². The molecule has 3 nitrogen and oxygen atoms in total. The average Bonchev–Trinajstić information content (AvgIpc) is 3.08. The molecule has 112 valence electrons. The van der Waals surface area contributed by atoms with E-state index in [4.69, 9.17) is 9.98 Å². The first-order valence-electron chi connectivity index (χ1n) is 8.09. The maximum Gasteiger partial charge on any atom is 0.146 e. The molecule has 1 aromatic heterocycles. The topological polar surface area (TPSA) is 40.5 Å². The number of benzene rings is 1. The maximum absolute atomic E-state index is 4.87. The zero-order valence-electron chi connectivity index (χ0n) is 13.2. The third-order valence-electron chi connectivity index (χ3n) is 4.41. The second-order valence-corrected chi connectivity index (χ2v) is 6.68. The molecule has 1 aliphatic heterocycles. The monoisotopic (exact) mass is 291 g/mol. The van der Waals surface area contributed by atoms with Gasteiger partial charge in [-0.2, -0.15) is 0 Å². The molecule has 2 aromatic rings. The molecule has 3 heteroatoms. The predicted octanol–water partition coefficient (Wildman–Crippen LogP) is 3.92. The Morgan fingerprint density at radius 2 is 1.68 bits per heavy atom. The number of aliphatic imine (C=N–C) groups is 2. The summed E-state index contributed by atoms with van der Waals surface area (Å²) in [5, 5.41) is 0. The van der Waals surface area contributed by atoms with E-state index in [1.165, 1.54) is 30.5 Å². The molecule has 0 saturated heterocycles. The molecule has 4 rings (SSSR count). The predicted molar refractivity (Wildman–Crippen MR) is 91.0 cm³/mol. The lowest BCUT2D eigenvalue weighted by Crippen LogP contribution is -2.14. The molecule has 1 aliphatic carbocycles. The normalized spacial score (nSPS) is 19.5. The number of fused-ring (bicyclic) bond motifs is 1. The van der Waals surface area contributed by atoms with E-state index >= 15 is 0 Å². The van der Waals surface area contributed by atoms with Crippen molar-refractivity contribution >= 4 is 11.4 Å². The van der Waals surface area contributed by atoms with E-state index < -0.39 is 0 Å². The number of aryl methyl sites for hydroxylation is 2. The molecular formula is C19H21N3. The minimum absolute atomic E-state index is 0.383. The Balaban J connectivity index is 1.79. The van der Waals surface area contributed by atoms with Crippen molar-refractivity contribution in [1.82, 2.24) is 4.98 Å². The highest BCUT2D eigenvalue weighted by Crippen LogP contribution is 2.27. The summed E-state index contributed by atoms with van der Waals surface area (Å²) in [6.45, 7) is 4.12. The Kier molecular flexibility index (Phi) is 3.03. The first kappa shape index (κ1) is 13.5. The highest BCUT2D eigenvalue weighted by Gasteiger charge is 2.30. The van der Waals surface area contributed by atoms with Crippen LogP contribution in [-0.2, 0) is 12.8 Å². The summed E-state index contributed by atoms with van der Waals surface area (Å²) < 4.78 is 0. The van der Waals surface area contributed by atoms with E-state index in [0.29, 0.717) is 0 Å². The van der Waals surface area contributed by atoms with Crippen molar-refractivity contribution in [3.8, 4) is 0 Å². The first-order chi connectivity index (χ1) is 10.6. The standard InChI is InChI=1S/C19H21N3/c1-19(2)21-17(13-8-4-3-5-9-13)18(22-19)16-12-14-10-6-7-11-15(14)20-16/h3-5,8-9,12,20H,6-7,10-11H2,1-2H3. The first-order valence-corrected chi connectivity index (χ1v) is 8.09. The fourth-order valence-electron chi connectivity index (χ4n) is 3.39. The summed E-state index contributed by atoms with van der Waals surface area (Å²) in [7, 11) is 0. The summed E-state index contributed by atoms with van der Waals surface area (Å²) in [6.07, 6.45) is 4.91. The number of nitrogens with zero attached hydrogens (tertiary/aromatic N) is 2. The lowest BCUT2D eigenvalue weighted by Gasteiger charge is -2.09. The molecule has 0 fully saturated rings. The SMILES string of the molecule is CC1(C)N=C(c2ccccc2)C(c2cc3c([nH]2)CCCC3)=N1. The van der Waals surface area contributed by atoms with Gasteiger partial charge in [0.05, 0.1) is 11.4 Å². The van der Waals surface area contributed by atoms with Crippen molar-refractivity contribution in [1.29, 1.82) is 0 Å². The molecule has 0 radical (unpaired) electrons. The van der Waals surface area contributed by atoms with Crippen molar-refractivity contribution in [2.45, 2.75) is 45.2 Å². The van der Waals surface area contributed by atoms with Gasteiger partial charge in [0.2, 0.25) is 0 Å². The van der Waals surface area contributed by atoms with Crippen LogP contribution in [0.4, 0.5) is 0 Å². The van der Waals surface area contributed by atoms with Gasteiger partial charge in [-0.1, -0.05) is 30.3 Å². The Morgan fingerprint density at radius 1 is 0.955 bits per heavy atom. The smallest absolute Gasteiger partial charge is 0.146 e.